The van der Waals surface area contributed by atoms with E-state index in [9.17, 15) is 0 Å². The minimum Gasteiger partial charge on any atom is -0.452 e. The highest BCUT2D eigenvalue weighted by Gasteiger charge is 2.15. The lowest BCUT2D eigenvalue weighted by Crippen LogP contribution is -1.87. The third-order valence-electron chi connectivity index (χ3n) is 4.08. The van der Waals surface area contributed by atoms with Crippen molar-refractivity contribution in [2.45, 2.75) is 0 Å². The fraction of sp³-hybridized carbons (Fsp3) is 0. The van der Waals surface area contributed by atoms with E-state index in [2.05, 4.69) is 27.1 Å². The molecule has 4 nitrogen and oxygen atoms in total. The number of fused-ring (bicyclic) bond motifs is 4. The SMILES string of the molecule is c1cnc2c(-c3nccc4c3oc3cnccc34)cccc2c1. The Bertz CT molecular complexity index is 1170. The quantitative estimate of drug-likeness (QED) is 0.454. The van der Waals surface area contributed by atoms with Gasteiger partial charge in [0.2, 0.25) is 0 Å². The molecule has 0 N–H and O–H groups in total. The molecule has 4 aromatic heterocycles. The average Bonchev–Trinajstić information content (AvgIpc) is 3.00. The van der Waals surface area contributed by atoms with E-state index in [4.69, 9.17) is 4.42 Å². The molecule has 0 saturated heterocycles. The van der Waals surface area contributed by atoms with Crippen molar-refractivity contribution in [1.29, 1.82) is 0 Å². The predicted octanol–water partition coefficient (Wildman–Crippen LogP) is 4.59. The van der Waals surface area contributed by atoms with Crippen molar-refractivity contribution in [3.05, 3.63) is 67.3 Å². The number of para-hydroxylation sites is 1. The number of hydrogen-bond acceptors (Lipinski definition) is 4. The van der Waals surface area contributed by atoms with Crippen LogP contribution in [0.3, 0.4) is 0 Å². The largest absolute Gasteiger partial charge is 0.452 e. The number of rotatable bonds is 1. The lowest BCUT2D eigenvalue weighted by molar-refractivity contribution is 0.666. The first-order chi connectivity index (χ1) is 11.4. The fourth-order valence-electron chi connectivity index (χ4n) is 3.04. The van der Waals surface area contributed by atoms with Gasteiger partial charge in [-0.2, -0.15) is 0 Å². The molecule has 108 valence electrons. The van der Waals surface area contributed by atoms with Gasteiger partial charge in [-0.05, 0) is 18.2 Å². The van der Waals surface area contributed by atoms with Crippen LogP contribution in [0.25, 0.3) is 44.1 Å². The molecule has 0 bridgehead atoms. The molecule has 0 atom stereocenters. The third-order valence-corrected chi connectivity index (χ3v) is 4.08. The summed E-state index contributed by atoms with van der Waals surface area (Å²) in [7, 11) is 0. The summed E-state index contributed by atoms with van der Waals surface area (Å²) in [6.07, 6.45) is 7.13. The number of aromatic nitrogens is 3. The van der Waals surface area contributed by atoms with Crippen LogP contribution in [0, 0.1) is 0 Å². The first-order valence-electron chi connectivity index (χ1n) is 7.37. The van der Waals surface area contributed by atoms with Gasteiger partial charge in [-0.15, -0.1) is 0 Å². The van der Waals surface area contributed by atoms with Crippen molar-refractivity contribution in [3.8, 4) is 11.3 Å². The Labute approximate surface area is 131 Å². The van der Waals surface area contributed by atoms with Crippen molar-refractivity contribution >= 4 is 32.8 Å². The Morgan fingerprint density at radius 1 is 0.783 bits per heavy atom. The van der Waals surface area contributed by atoms with E-state index in [0.717, 1.165) is 44.1 Å². The molecule has 0 aliphatic heterocycles. The van der Waals surface area contributed by atoms with Crippen LogP contribution >= 0.6 is 0 Å². The minimum absolute atomic E-state index is 0.768. The summed E-state index contributed by atoms with van der Waals surface area (Å²) in [5.74, 6) is 0. The first-order valence-corrected chi connectivity index (χ1v) is 7.37. The van der Waals surface area contributed by atoms with Gasteiger partial charge in [0.05, 0.1) is 11.7 Å². The molecule has 0 fully saturated rings. The third kappa shape index (κ3) is 1.75. The molecule has 4 heterocycles. The van der Waals surface area contributed by atoms with Crippen LogP contribution < -0.4 is 0 Å². The van der Waals surface area contributed by atoms with Crippen molar-refractivity contribution in [2.24, 2.45) is 0 Å². The van der Waals surface area contributed by atoms with Crippen LogP contribution in [0.2, 0.25) is 0 Å². The zero-order valence-electron chi connectivity index (χ0n) is 12.1. The molecule has 23 heavy (non-hydrogen) atoms. The molecular weight excluding hydrogens is 286 g/mol. The fourth-order valence-corrected chi connectivity index (χ4v) is 3.04. The molecule has 0 aliphatic carbocycles. The van der Waals surface area contributed by atoms with E-state index in [0.29, 0.717) is 0 Å². The number of benzene rings is 1. The highest BCUT2D eigenvalue weighted by Crippen LogP contribution is 2.35. The molecule has 0 unspecified atom stereocenters. The van der Waals surface area contributed by atoms with E-state index in [-0.39, 0.29) is 0 Å². The minimum atomic E-state index is 0.768. The van der Waals surface area contributed by atoms with Gasteiger partial charge in [-0.1, -0.05) is 24.3 Å². The second-order valence-electron chi connectivity index (χ2n) is 5.39. The average molecular weight is 297 g/mol. The lowest BCUT2D eigenvalue weighted by Gasteiger charge is -2.05. The first kappa shape index (κ1) is 12.3. The smallest absolute Gasteiger partial charge is 0.161 e. The molecule has 0 amide bonds. The Balaban J connectivity index is 1.93. The normalized spacial score (nSPS) is 11.5. The van der Waals surface area contributed by atoms with Crippen molar-refractivity contribution in [3.63, 3.8) is 0 Å². The van der Waals surface area contributed by atoms with Crippen LogP contribution in [-0.2, 0) is 0 Å². The summed E-state index contributed by atoms with van der Waals surface area (Å²) in [5, 5.41) is 3.17. The van der Waals surface area contributed by atoms with Gasteiger partial charge in [-0.3, -0.25) is 15.0 Å². The van der Waals surface area contributed by atoms with Gasteiger partial charge >= 0.3 is 0 Å². The molecular formula is C19H11N3O. The van der Waals surface area contributed by atoms with E-state index in [1.54, 1.807) is 18.6 Å². The van der Waals surface area contributed by atoms with E-state index in [1.807, 2.05) is 36.5 Å². The second-order valence-corrected chi connectivity index (χ2v) is 5.39. The van der Waals surface area contributed by atoms with Crippen LogP contribution in [0.1, 0.15) is 0 Å². The molecule has 4 heteroatoms. The van der Waals surface area contributed by atoms with Gasteiger partial charge in [0.15, 0.2) is 11.2 Å². The van der Waals surface area contributed by atoms with Crippen molar-refractivity contribution < 1.29 is 4.42 Å². The molecule has 0 aliphatic rings. The van der Waals surface area contributed by atoms with Gasteiger partial charge < -0.3 is 4.42 Å². The highest BCUT2D eigenvalue weighted by molar-refractivity contribution is 6.10. The summed E-state index contributed by atoms with van der Waals surface area (Å²) in [6, 6.07) is 14.0. The number of furan rings is 1. The summed E-state index contributed by atoms with van der Waals surface area (Å²) < 4.78 is 6.03. The summed E-state index contributed by atoms with van der Waals surface area (Å²) >= 11 is 0. The Morgan fingerprint density at radius 2 is 1.70 bits per heavy atom. The Kier molecular flexibility index (Phi) is 2.46. The van der Waals surface area contributed by atoms with E-state index >= 15 is 0 Å². The predicted molar refractivity (Wildman–Crippen MR) is 90.0 cm³/mol. The molecule has 5 rings (SSSR count). The number of nitrogens with zero attached hydrogens (tertiary/aromatic N) is 3. The number of pyridine rings is 3. The van der Waals surface area contributed by atoms with Crippen LogP contribution in [0.4, 0.5) is 0 Å². The summed E-state index contributed by atoms with van der Waals surface area (Å²) in [5.41, 5.74) is 4.25. The molecule has 1 aromatic carbocycles. The molecule has 0 spiro atoms. The standard InChI is InChI=1S/C19H11N3O/c1-3-12-4-2-8-21-17(12)15(5-1)18-19-14(7-10-22-18)13-6-9-20-11-16(13)23-19/h1-11H. The van der Waals surface area contributed by atoms with Gasteiger partial charge in [0.1, 0.15) is 5.69 Å². The zero-order valence-corrected chi connectivity index (χ0v) is 12.1. The van der Waals surface area contributed by atoms with Gasteiger partial charge in [0, 0.05) is 40.3 Å². The lowest BCUT2D eigenvalue weighted by atomic mass is 10.0. The zero-order chi connectivity index (χ0) is 15.2. The number of hydrogen-bond donors (Lipinski definition) is 0. The molecule has 0 radical (unpaired) electrons. The second kappa shape index (κ2) is 4.61. The highest BCUT2D eigenvalue weighted by atomic mass is 16.3. The Hall–Kier alpha value is -3.27. The van der Waals surface area contributed by atoms with Gasteiger partial charge in [0.25, 0.3) is 0 Å². The maximum atomic E-state index is 6.03. The van der Waals surface area contributed by atoms with Crippen LogP contribution in [0.15, 0.2) is 71.7 Å². The Morgan fingerprint density at radius 3 is 2.70 bits per heavy atom. The maximum absolute atomic E-state index is 6.03. The topological polar surface area (TPSA) is 51.8 Å². The summed E-state index contributed by atoms with van der Waals surface area (Å²) in [4.78, 5) is 13.2. The van der Waals surface area contributed by atoms with E-state index in [1.165, 1.54) is 0 Å². The van der Waals surface area contributed by atoms with Crippen molar-refractivity contribution in [1.82, 2.24) is 15.0 Å². The monoisotopic (exact) mass is 297 g/mol. The van der Waals surface area contributed by atoms with Crippen LogP contribution in [-0.4, -0.2) is 15.0 Å². The summed E-state index contributed by atoms with van der Waals surface area (Å²) in [6.45, 7) is 0. The van der Waals surface area contributed by atoms with Crippen LogP contribution in [0.5, 0.6) is 0 Å². The molecule has 5 aromatic rings. The van der Waals surface area contributed by atoms with E-state index < -0.39 is 0 Å². The molecule has 0 saturated carbocycles. The van der Waals surface area contributed by atoms with Crippen molar-refractivity contribution in [2.75, 3.05) is 0 Å². The van der Waals surface area contributed by atoms with Gasteiger partial charge in [-0.25, -0.2) is 0 Å². The maximum Gasteiger partial charge on any atom is 0.161 e.